The van der Waals surface area contributed by atoms with Gasteiger partial charge in [-0.15, -0.1) is 0 Å². The van der Waals surface area contributed by atoms with Crippen molar-refractivity contribution in [1.29, 1.82) is 0 Å². The minimum atomic E-state index is -0.272. The summed E-state index contributed by atoms with van der Waals surface area (Å²) in [5, 5.41) is 3.81. The monoisotopic (exact) mass is 294 g/mol. The van der Waals surface area contributed by atoms with Crippen LogP contribution in [0.15, 0.2) is 54.7 Å². The Balaban J connectivity index is 2.15. The average molecular weight is 294 g/mol. The Morgan fingerprint density at radius 2 is 1.91 bits per heavy atom. The number of nitrogens with zero attached hydrogens (tertiary/aromatic N) is 1. The molecule has 0 unspecified atom stereocenters. The van der Waals surface area contributed by atoms with E-state index in [0.717, 1.165) is 22.0 Å². The standard InChI is InChI=1S/C18H15FN2O/c1-2-17(22)21-16-11-14(12-5-7-15(19)8-6-12)10-13-4-3-9-20-18(13)16/h3-11H,2H2,1H3,(H,21,22). The van der Waals surface area contributed by atoms with E-state index in [2.05, 4.69) is 10.3 Å². The van der Waals surface area contributed by atoms with Crippen molar-refractivity contribution in [2.45, 2.75) is 13.3 Å². The lowest BCUT2D eigenvalue weighted by Crippen LogP contribution is -2.10. The smallest absolute Gasteiger partial charge is 0.224 e. The Hall–Kier alpha value is -2.75. The number of fused-ring (bicyclic) bond motifs is 1. The summed E-state index contributed by atoms with van der Waals surface area (Å²) in [5.41, 5.74) is 3.21. The number of amides is 1. The van der Waals surface area contributed by atoms with Crippen molar-refractivity contribution in [2.75, 3.05) is 5.32 Å². The van der Waals surface area contributed by atoms with Crippen LogP contribution >= 0.6 is 0 Å². The lowest BCUT2D eigenvalue weighted by atomic mass is 10.0. The van der Waals surface area contributed by atoms with Crippen molar-refractivity contribution in [2.24, 2.45) is 0 Å². The predicted octanol–water partition coefficient (Wildman–Crippen LogP) is 4.39. The maximum Gasteiger partial charge on any atom is 0.224 e. The van der Waals surface area contributed by atoms with Crippen LogP contribution in [0.25, 0.3) is 22.0 Å². The zero-order chi connectivity index (χ0) is 15.5. The van der Waals surface area contributed by atoms with Crippen LogP contribution < -0.4 is 5.32 Å². The van der Waals surface area contributed by atoms with E-state index in [1.165, 1.54) is 12.1 Å². The molecule has 0 atom stereocenters. The van der Waals surface area contributed by atoms with Gasteiger partial charge in [-0.25, -0.2) is 4.39 Å². The van der Waals surface area contributed by atoms with Crippen LogP contribution in [0.5, 0.6) is 0 Å². The summed E-state index contributed by atoms with van der Waals surface area (Å²) in [6.07, 6.45) is 2.09. The number of hydrogen-bond donors (Lipinski definition) is 1. The maximum atomic E-state index is 13.1. The third kappa shape index (κ3) is 2.81. The largest absolute Gasteiger partial charge is 0.324 e. The van der Waals surface area contributed by atoms with Gasteiger partial charge in [-0.1, -0.05) is 25.1 Å². The fraction of sp³-hybridized carbons (Fsp3) is 0.111. The summed E-state index contributed by atoms with van der Waals surface area (Å²) >= 11 is 0. The van der Waals surface area contributed by atoms with Gasteiger partial charge in [0.2, 0.25) is 5.91 Å². The molecule has 1 N–H and O–H groups in total. The van der Waals surface area contributed by atoms with Gasteiger partial charge < -0.3 is 5.32 Å². The molecular formula is C18H15FN2O. The minimum absolute atomic E-state index is 0.0665. The molecule has 1 heterocycles. The van der Waals surface area contributed by atoms with Gasteiger partial charge in [0.05, 0.1) is 11.2 Å². The molecule has 3 nitrogen and oxygen atoms in total. The molecule has 4 heteroatoms. The van der Waals surface area contributed by atoms with Gasteiger partial charge in [0, 0.05) is 18.0 Å². The van der Waals surface area contributed by atoms with E-state index >= 15 is 0 Å². The van der Waals surface area contributed by atoms with E-state index in [-0.39, 0.29) is 11.7 Å². The van der Waals surface area contributed by atoms with Crippen LogP contribution in [0.4, 0.5) is 10.1 Å². The van der Waals surface area contributed by atoms with Crippen LogP contribution in [0, 0.1) is 5.82 Å². The number of carbonyl (C=O) groups excluding carboxylic acids is 1. The molecule has 110 valence electrons. The van der Waals surface area contributed by atoms with Crippen molar-refractivity contribution < 1.29 is 9.18 Å². The molecule has 3 rings (SSSR count). The highest BCUT2D eigenvalue weighted by molar-refractivity contribution is 6.02. The summed E-state index contributed by atoms with van der Waals surface area (Å²) in [7, 11) is 0. The van der Waals surface area contributed by atoms with Crippen molar-refractivity contribution in [3.63, 3.8) is 0 Å². The van der Waals surface area contributed by atoms with Crippen molar-refractivity contribution in [3.8, 4) is 11.1 Å². The predicted molar refractivity (Wildman–Crippen MR) is 86.1 cm³/mol. The molecule has 0 saturated carbocycles. The normalized spacial score (nSPS) is 10.6. The molecule has 0 spiro atoms. The number of halogens is 1. The fourth-order valence-corrected chi connectivity index (χ4v) is 2.34. The van der Waals surface area contributed by atoms with E-state index in [0.29, 0.717) is 12.1 Å². The summed E-state index contributed by atoms with van der Waals surface area (Å²) in [4.78, 5) is 16.1. The van der Waals surface area contributed by atoms with Crippen molar-refractivity contribution in [1.82, 2.24) is 4.98 Å². The van der Waals surface area contributed by atoms with E-state index in [1.807, 2.05) is 24.3 Å². The van der Waals surface area contributed by atoms with E-state index < -0.39 is 0 Å². The Labute approximate surface area is 127 Å². The molecule has 2 aromatic carbocycles. The zero-order valence-corrected chi connectivity index (χ0v) is 12.1. The third-order valence-electron chi connectivity index (χ3n) is 3.48. The van der Waals surface area contributed by atoms with Crippen molar-refractivity contribution >= 4 is 22.5 Å². The van der Waals surface area contributed by atoms with Crippen LogP contribution in [-0.2, 0) is 4.79 Å². The Bertz CT molecular complexity index is 828. The number of nitrogens with one attached hydrogen (secondary N) is 1. The summed E-state index contributed by atoms with van der Waals surface area (Å²) < 4.78 is 13.1. The molecule has 1 amide bonds. The van der Waals surface area contributed by atoms with E-state index in [4.69, 9.17) is 0 Å². The Kier molecular flexibility index (Phi) is 3.83. The molecule has 0 aliphatic rings. The van der Waals surface area contributed by atoms with Gasteiger partial charge in [0.1, 0.15) is 5.82 Å². The molecular weight excluding hydrogens is 279 g/mol. The SMILES string of the molecule is CCC(=O)Nc1cc(-c2ccc(F)cc2)cc2cccnc12. The summed E-state index contributed by atoms with van der Waals surface area (Å²) in [6.45, 7) is 1.80. The summed E-state index contributed by atoms with van der Waals surface area (Å²) in [6, 6.07) is 13.9. The van der Waals surface area contributed by atoms with E-state index in [1.54, 1.807) is 25.3 Å². The van der Waals surface area contributed by atoms with Gasteiger partial charge in [0.25, 0.3) is 0 Å². The zero-order valence-electron chi connectivity index (χ0n) is 12.1. The number of carbonyl (C=O) groups is 1. The first-order chi connectivity index (χ1) is 10.7. The maximum absolute atomic E-state index is 13.1. The lowest BCUT2D eigenvalue weighted by Gasteiger charge is -2.11. The first-order valence-electron chi connectivity index (χ1n) is 7.12. The number of anilines is 1. The Morgan fingerprint density at radius 1 is 1.14 bits per heavy atom. The molecule has 0 saturated heterocycles. The number of benzene rings is 2. The minimum Gasteiger partial charge on any atom is -0.324 e. The number of pyridine rings is 1. The molecule has 0 bridgehead atoms. The van der Waals surface area contributed by atoms with Gasteiger partial charge in [-0.2, -0.15) is 0 Å². The van der Waals surface area contributed by atoms with E-state index in [9.17, 15) is 9.18 Å². The number of hydrogen-bond acceptors (Lipinski definition) is 2. The highest BCUT2D eigenvalue weighted by Gasteiger charge is 2.09. The quantitative estimate of drug-likeness (QED) is 0.778. The van der Waals surface area contributed by atoms with Gasteiger partial charge in [0.15, 0.2) is 0 Å². The average Bonchev–Trinajstić information content (AvgIpc) is 2.55. The fourth-order valence-electron chi connectivity index (χ4n) is 2.34. The third-order valence-corrected chi connectivity index (χ3v) is 3.48. The molecule has 0 aliphatic carbocycles. The lowest BCUT2D eigenvalue weighted by molar-refractivity contribution is -0.115. The Morgan fingerprint density at radius 3 is 2.64 bits per heavy atom. The second-order valence-electron chi connectivity index (χ2n) is 5.01. The van der Waals surface area contributed by atoms with Crippen LogP contribution in [0.1, 0.15) is 13.3 Å². The van der Waals surface area contributed by atoms with Crippen molar-refractivity contribution in [3.05, 3.63) is 60.5 Å². The molecule has 0 radical (unpaired) electrons. The first-order valence-corrected chi connectivity index (χ1v) is 7.12. The molecule has 0 fully saturated rings. The van der Waals surface area contributed by atoms with Gasteiger partial charge in [-0.05, 0) is 41.5 Å². The molecule has 1 aromatic heterocycles. The summed E-state index contributed by atoms with van der Waals surface area (Å²) in [5.74, 6) is -0.339. The first kappa shape index (κ1) is 14.2. The molecule has 0 aliphatic heterocycles. The van der Waals surface area contributed by atoms with Gasteiger partial charge in [-0.3, -0.25) is 9.78 Å². The highest BCUT2D eigenvalue weighted by atomic mass is 19.1. The second-order valence-corrected chi connectivity index (χ2v) is 5.01. The topological polar surface area (TPSA) is 42.0 Å². The number of rotatable bonds is 3. The number of aromatic nitrogens is 1. The van der Waals surface area contributed by atoms with Crippen LogP contribution in [-0.4, -0.2) is 10.9 Å². The van der Waals surface area contributed by atoms with Crippen LogP contribution in [0.2, 0.25) is 0 Å². The highest BCUT2D eigenvalue weighted by Crippen LogP contribution is 2.30. The molecule has 22 heavy (non-hydrogen) atoms. The molecule has 3 aromatic rings. The van der Waals surface area contributed by atoms with Gasteiger partial charge >= 0.3 is 0 Å². The second kappa shape index (κ2) is 5.93. The van der Waals surface area contributed by atoms with Crippen LogP contribution in [0.3, 0.4) is 0 Å².